The number of hydrogen-bond donors (Lipinski definition) is 0. The Balaban J connectivity index is 2.86. The van der Waals surface area contributed by atoms with Gasteiger partial charge in [-0.1, -0.05) is 0 Å². The van der Waals surface area contributed by atoms with E-state index in [1.54, 1.807) is 18.3 Å². The lowest BCUT2D eigenvalue weighted by Crippen LogP contribution is -2.22. The lowest BCUT2D eigenvalue weighted by atomic mass is 10.2. The molecule has 0 aliphatic heterocycles. The quantitative estimate of drug-likeness (QED) is 0.658. The van der Waals surface area contributed by atoms with Crippen LogP contribution >= 0.6 is 0 Å². The number of nitrogens with zero attached hydrogens (tertiary/aromatic N) is 2. The Morgan fingerprint density at radius 3 is 2.69 bits per heavy atom. The van der Waals surface area contributed by atoms with E-state index in [0.29, 0.717) is 11.4 Å². The van der Waals surface area contributed by atoms with Crippen molar-refractivity contribution in [2.24, 2.45) is 0 Å². The van der Waals surface area contributed by atoms with Gasteiger partial charge in [-0.3, -0.25) is 0 Å². The topological polar surface area (TPSA) is 45.9 Å². The zero-order valence-corrected chi connectivity index (χ0v) is 8.03. The molecule has 1 aromatic rings. The van der Waals surface area contributed by atoms with Crippen LogP contribution in [0.15, 0.2) is 18.3 Å². The summed E-state index contributed by atoms with van der Waals surface area (Å²) < 4.78 is 5.55. The van der Waals surface area contributed by atoms with Crippen LogP contribution in [0.5, 0.6) is 5.75 Å². The predicted molar refractivity (Wildman–Crippen MR) is 49.3 cm³/mol. The lowest BCUT2D eigenvalue weighted by molar-refractivity contribution is 0.131. The highest BCUT2D eigenvalue weighted by atomic mass is 16.5. The van der Waals surface area contributed by atoms with E-state index in [1.807, 2.05) is 26.8 Å². The maximum Gasteiger partial charge on any atom is 0.144 e. The number of ether oxygens (including phenoxy) is 1. The van der Waals surface area contributed by atoms with Crippen LogP contribution in [-0.2, 0) is 0 Å². The van der Waals surface area contributed by atoms with Gasteiger partial charge in [0.2, 0.25) is 0 Å². The second kappa shape index (κ2) is 3.44. The minimum absolute atomic E-state index is 0.242. The Hall–Kier alpha value is -1.56. The first kappa shape index (κ1) is 9.53. The predicted octanol–water partition coefficient (Wildman–Crippen LogP) is 2.13. The summed E-state index contributed by atoms with van der Waals surface area (Å²) in [6.07, 6.45) is 1.57. The smallest absolute Gasteiger partial charge is 0.144 e. The monoisotopic (exact) mass is 176 g/mol. The van der Waals surface area contributed by atoms with E-state index in [0.717, 1.165) is 0 Å². The van der Waals surface area contributed by atoms with Crippen LogP contribution in [0, 0.1) is 11.3 Å². The zero-order valence-electron chi connectivity index (χ0n) is 8.03. The summed E-state index contributed by atoms with van der Waals surface area (Å²) in [7, 11) is 0. The highest BCUT2D eigenvalue weighted by Crippen LogP contribution is 2.17. The van der Waals surface area contributed by atoms with Crippen LogP contribution in [0.1, 0.15) is 26.5 Å². The Labute approximate surface area is 78.0 Å². The van der Waals surface area contributed by atoms with Crippen molar-refractivity contribution in [2.75, 3.05) is 0 Å². The lowest BCUT2D eigenvalue weighted by Gasteiger charge is -2.20. The number of pyridine rings is 1. The summed E-state index contributed by atoms with van der Waals surface area (Å²) in [5.41, 5.74) is 0.135. The van der Waals surface area contributed by atoms with E-state index in [9.17, 15) is 0 Å². The molecule has 0 saturated heterocycles. The third kappa shape index (κ3) is 3.12. The molecule has 0 saturated carbocycles. The van der Waals surface area contributed by atoms with Gasteiger partial charge in [0.05, 0.1) is 0 Å². The molecule has 3 nitrogen and oxygen atoms in total. The molecule has 0 unspecified atom stereocenters. The van der Waals surface area contributed by atoms with E-state index >= 15 is 0 Å². The summed E-state index contributed by atoms with van der Waals surface area (Å²) in [4.78, 5) is 3.85. The molecule has 13 heavy (non-hydrogen) atoms. The van der Waals surface area contributed by atoms with Crippen LogP contribution in [0.2, 0.25) is 0 Å². The highest BCUT2D eigenvalue weighted by molar-refractivity contribution is 5.30. The SMILES string of the molecule is CC(C)(C)Oc1ccnc(C#N)c1. The molecular weight excluding hydrogens is 164 g/mol. The average Bonchev–Trinajstić information content (AvgIpc) is 2.01. The van der Waals surface area contributed by atoms with Crippen molar-refractivity contribution >= 4 is 0 Å². The van der Waals surface area contributed by atoms with E-state index in [4.69, 9.17) is 10.00 Å². The highest BCUT2D eigenvalue weighted by Gasteiger charge is 2.11. The average molecular weight is 176 g/mol. The first-order valence-corrected chi connectivity index (χ1v) is 4.06. The van der Waals surface area contributed by atoms with E-state index < -0.39 is 0 Å². The van der Waals surface area contributed by atoms with Crippen LogP contribution in [-0.4, -0.2) is 10.6 Å². The Bertz CT molecular complexity index is 334. The fraction of sp³-hybridized carbons (Fsp3) is 0.400. The van der Waals surface area contributed by atoms with Crippen molar-refractivity contribution < 1.29 is 4.74 Å². The largest absolute Gasteiger partial charge is 0.488 e. The maximum atomic E-state index is 8.59. The van der Waals surface area contributed by atoms with Crippen molar-refractivity contribution in [2.45, 2.75) is 26.4 Å². The molecule has 0 fully saturated rings. The molecule has 0 aliphatic carbocycles. The summed E-state index contributed by atoms with van der Waals surface area (Å²) in [5, 5.41) is 8.59. The van der Waals surface area contributed by atoms with Gasteiger partial charge < -0.3 is 4.74 Å². The van der Waals surface area contributed by atoms with Gasteiger partial charge in [0.15, 0.2) is 0 Å². The van der Waals surface area contributed by atoms with Gasteiger partial charge in [0, 0.05) is 12.3 Å². The van der Waals surface area contributed by atoms with Crippen LogP contribution < -0.4 is 4.74 Å². The Morgan fingerprint density at radius 2 is 2.15 bits per heavy atom. The van der Waals surface area contributed by atoms with Crippen molar-refractivity contribution in [3.8, 4) is 11.8 Å². The molecule has 0 N–H and O–H groups in total. The van der Waals surface area contributed by atoms with Gasteiger partial charge in [-0.05, 0) is 26.8 Å². The first-order chi connectivity index (χ1) is 6.01. The molecule has 0 aliphatic rings. The Morgan fingerprint density at radius 1 is 1.46 bits per heavy atom. The second-order valence-electron chi connectivity index (χ2n) is 3.70. The van der Waals surface area contributed by atoms with Crippen molar-refractivity contribution in [1.29, 1.82) is 5.26 Å². The minimum Gasteiger partial charge on any atom is -0.488 e. The molecule has 0 radical (unpaired) electrons. The molecule has 0 atom stereocenters. The summed E-state index contributed by atoms with van der Waals surface area (Å²) in [5.74, 6) is 0.680. The Kier molecular flexibility index (Phi) is 2.52. The second-order valence-corrected chi connectivity index (χ2v) is 3.70. The standard InChI is InChI=1S/C10H12N2O/c1-10(2,3)13-9-4-5-12-8(6-9)7-11/h4-6H,1-3H3. The van der Waals surface area contributed by atoms with Gasteiger partial charge in [0.25, 0.3) is 0 Å². The fourth-order valence-electron chi connectivity index (χ4n) is 0.889. The van der Waals surface area contributed by atoms with Gasteiger partial charge in [-0.25, -0.2) is 4.98 Å². The van der Waals surface area contributed by atoms with Crippen molar-refractivity contribution in [3.05, 3.63) is 24.0 Å². The molecule has 0 spiro atoms. The van der Waals surface area contributed by atoms with Crippen LogP contribution in [0.4, 0.5) is 0 Å². The molecule has 1 aromatic heterocycles. The first-order valence-electron chi connectivity index (χ1n) is 4.06. The van der Waals surface area contributed by atoms with Crippen LogP contribution in [0.25, 0.3) is 0 Å². The fourth-order valence-corrected chi connectivity index (χ4v) is 0.889. The number of aromatic nitrogens is 1. The zero-order chi connectivity index (χ0) is 9.90. The van der Waals surface area contributed by atoms with E-state index in [1.165, 1.54) is 0 Å². The molecule has 1 rings (SSSR count). The summed E-state index contributed by atoms with van der Waals surface area (Å²) in [6, 6.07) is 5.33. The van der Waals surface area contributed by atoms with Crippen molar-refractivity contribution in [3.63, 3.8) is 0 Å². The van der Waals surface area contributed by atoms with Crippen LogP contribution in [0.3, 0.4) is 0 Å². The molecule has 0 amide bonds. The van der Waals surface area contributed by atoms with Gasteiger partial charge in [-0.15, -0.1) is 0 Å². The van der Waals surface area contributed by atoms with E-state index in [-0.39, 0.29) is 5.60 Å². The van der Waals surface area contributed by atoms with Gasteiger partial charge in [-0.2, -0.15) is 5.26 Å². The van der Waals surface area contributed by atoms with E-state index in [2.05, 4.69) is 4.98 Å². The number of hydrogen-bond acceptors (Lipinski definition) is 3. The minimum atomic E-state index is -0.242. The van der Waals surface area contributed by atoms with Gasteiger partial charge >= 0.3 is 0 Å². The third-order valence-electron chi connectivity index (χ3n) is 1.27. The number of rotatable bonds is 1. The molecule has 1 heterocycles. The maximum absolute atomic E-state index is 8.59. The normalized spacial score (nSPS) is 10.6. The molecule has 0 aromatic carbocycles. The van der Waals surface area contributed by atoms with Crippen molar-refractivity contribution in [1.82, 2.24) is 4.98 Å². The van der Waals surface area contributed by atoms with Gasteiger partial charge in [0.1, 0.15) is 23.1 Å². The number of nitriles is 1. The molecule has 68 valence electrons. The molecular formula is C10H12N2O. The summed E-state index contributed by atoms with van der Waals surface area (Å²) >= 11 is 0. The molecule has 0 bridgehead atoms. The summed E-state index contributed by atoms with van der Waals surface area (Å²) in [6.45, 7) is 5.87. The third-order valence-corrected chi connectivity index (χ3v) is 1.27. The molecule has 3 heteroatoms.